The third-order valence-electron chi connectivity index (χ3n) is 4.62. The molecule has 6 nitrogen and oxygen atoms in total. The lowest BCUT2D eigenvalue weighted by Gasteiger charge is -2.25. The number of nitrogens with one attached hydrogen (secondary N) is 2. The highest BCUT2D eigenvalue weighted by molar-refractivity contribution is 5.94. The quantitative estimate of drug-likeness (QED) is 0.450. The summed E-state index contributed by atoms with van der Waals surface area (Å²) in [6.45, 7) is 0.462. The van der Waals surface area contributed by atoms with Gasteiger partial charge in [-0.15, -0.1) is 0 Å². The molecule has 0 aliphatic heterocycles. The molecule has 1 aliphatic carbocycles. The zero-order chi connectivity index (χ0) is 18.5. The van der Waals surface area contributed by atoms with E-state index in [0.717, 1.165) is 30.6 Å². The molecule has 0 saturated carbocycles. The molecule has 6 heteroatoms. The molecule has 3 rings (SSSR count). The highest BCUT2D eigenvalue weighted by Crippen LogP contribution is 2.26. The van der Waals surface area contributed by atoms with Crippen LogP contribution in [-0.4, -0.2) is 29.5 Å². The standard InChI is InChI=1S/C20H23N3O3/c21-20(22)14-3-1-13(2-4-14)12-26-18-8-6-15-9-17(23-11-19(24)25)7-5-16(15)10-18/h1-4,6,8,10,17,23H,5,7,9,11-12H2,(H3,21,22)(H,24,25). The van der Waals surface area contributed by atoms with E-state index in [1.54, 1.807) is 0 Å². The van der Waals surface area contributed by atoms with Gasteiger partial charge in [-0.25, -0.2) is 0 Å². The monoisotopic (exact) mass is 353 g/mol. The zero-order valence-electron chi connectivity index (χ0n) is 14.5. The van der Waals surface area contributed by atoms with Gasteiger partial charge in [0.2, 0.25) is 0 Å². The van der Waals surface area contributed by atoms with E-state index in [-0.39, 0.29) is 18.4 Å². The average molecular weight is 353 g/mol. The van der Waals surface area contributed by atoms with Gasteiger partial charge in [0.25, 0.3) is 0 Å². The van der Waals surface area contributed by atoms with Gasteiger partial charge in [-0.1, -0.05) is 30.3 Å². The van der Waals surface area contributed by atoms with Crippen molar-refractivity contribution in [3.05, 3.63) is 64.7 Å². The van der Waals surface area contributed by atoms with E-state index >= 15 is 0 Å². The van der Waals surface area contributed by atoms with Gasteiger partial charge in [0.05, 0.1) is 6.54 Å². The minimum absolute atomic E-state index is 0.00358. The maximum absolute atomic E-state index is 10.7. The molecule has 0 aromatic heterocycles. The number of carboxylic acids is 1. The lowest BCUT2D eigenvalue weighted by molar-refractivity contribution is -0.136. The molecule has 136 valence electrons. The van der Waals surface area contributed by atoms with Gasteiger partial charge in [-0.2, -0.15) is 0 Å². The van der Waals surface area contributed by atoms with Crippen molar-refractivity contribution in [1.29, 1.82) is 5.41 Å². The highest BCUT2D eigenvalue weighted by Gasteiger charge is 2.19. The van der Waals surface area contributed by atoms with E-state index < -0.39 is 5.97 Å². The fraction of sp³-hybridized carbons (Fsp3) is 0.300. The molecule has 1 aliphatic rings. The third-order valence-corrected chi connectivity index (χ3v) is 4.62. The fourth-order valence-electron chi connectivity index (χ4n) is 3.17. The van der Waals surface area contributed by atoms with Crippen molar-refractivity contribution in [2.24, 2.45) is 5.73 Å². The van der Waals surface area contributed by atoms with Crippen molar-refractivity contribution in [2.75, 3.05) is 6.54 Å². The predicted octanol–water partition coefficient (Wildman–Crippen LogP) is 2.08. The first-order chi connectivity index (χ1) is 12.5. The van der Waals surface area contributed by atoms with Crippen molar-refractivity contribution in [3.63, 3.8) is 0 Å². The zero-order valence-corrected chi connectivity index (χ0v) is 14.5. The van der Waals surface area contributed by atoms with Gasteiger partial charge in [0.15, 0.2) is 0 Å². The number of amidine groups is 1. The number of carbonyl (C=O) groups is 1. The summed E-state index contributed by atoms with van der Waals surface area (Å²) in [4.78, 5) is 10.7. The normalized spacial score (nSPS) is 15.9. The fourth-order valence-corrected chi connectivity index (χ4v) is 3.17. The molecule has 0 bridgehead atoms. The second-order valence-corrected chi connectivity index (χ2v) is 6.54. The molecule has 0 radical (unpaired) electrons. The van der Waals surface area contributed by atoms with Crippen LogP contribution >= 0.6 is 0 Å². The van der Waals surface area contributed by atoms with E-state index in [9.17, 15) is 4.79 Å². The summed E-state index contributed by atoms with van der Waals surface area (Å²) >= 11 is 0. The topological polar surface area (TPSA) is 108 Å². The van der Waals surface area contributed by atoms with Crippen molar-refractivity contribution < 1.29 is 14.6 Å². The van der Waals surface area contributed by atoms with Gasteiger partial charge in [0, 0.05) is 11.6 Å². The number of hydrogen-bond acceptors (Lipinski definition) is 4. The Kier molecular flexibility index (Phi) is 5.53. The Morgan fingerprint density at radius 3 is 2.69 bits per heavy atom. The molecule has 2 aromatic rings. The summed E-state index contributed by atoms with van der Waals surface area (Å²) in [7, 11) is 0. The molecule has 0 saturated heterocycles. The molecule has 0 amide bonds. The Balaban J connectivity index is 1.57. The molecular formula is C20H23N3O3. The number of nitrogens with two attached hydrogens (primary N) is 1. The van der Waals surface area contributed by atoms with E-state index in [4.69, 9.17) is 21.0 Å². The Morgan fingerprint density at radius 1 is 1.23 bits per heavy atom. The van der Waals surface area contributed by atoms with E-state index in [2.05, 4.69) is 17.4 Å². The summed E-state index contributed by atoms with van der Waals surface area (Å²) in [5, 5.41) is 19.3. The maximum atomic E-state index is 10.7. The van der Waals surface area contributed by atoms with Crippen LogP contribution in [0.15, 0.2) is 42.5 Å². The van der Waals surface area contributed by atoms with Crippen LogP contribution in [0.3, 0.4) is 0 Å². The molecular weight excluding hydrogens is 330 g/mol. The Morgan fingerprint density at radius 2 is 2.00 bits per heavy atom. The van der Waals surface area contributed by atoms with Crippen molar-refractivity contribution in [3.8, 4) is 5.75 Å². The van der Waals surface area contributed by atoms with Crippen LogP contribution in [0.1, 0.15) is 28.7 Å². The number of fused-ring (bicyclic) bond motifs is 1. The summed E-state index contributed by atoms with van der Waals surface area (Å²) < 4.78 is 5.89. The van der Waals surface area contributed by atoms with Crippen LogP contribution in [0.25, 0.3) is 0 Å². The second-order valence-electron chi connectivity index (χ2n) is 6.54. The van der Waals surface area contributed by atoms with Crippen LogP contribution in [0.4, 0.5) is 0 Å². The summed E-state index contributed by atoms with van der Waals surface area (Å²) in [6, 6.07) is 13.8. The third kappa shape index (κ3) is 4.61. The summed E-state index contributed by atoms with van der Waals surface area (Å²) in [5.74, 6) is 0.0653. The van der Waals surface area contributed by atoms with Crippen LogP contribution in [0.5, 0.6) is 5.75 Å². The largest absolute Gasteiger partial charge is 0.489 e. The molecule has 5 N–H and O–H groups in total. The van der Waals surface area contributed by atoms with E-state index in [1.165, 1.54) is 11.1 Å². The SMILES string of the molecule is N=C(N)c1ccc(COc2ccc3c(c2)CCC(NCC(=O)O)C3)cc1. The number of ether oxygens (including phenoxy) is 1. The Bertz CT molecular complexity index is 802. The van der Waals surface area contributed by atoms with Crippen LogP contribution in [-0.2, 0) is 24.2 Å². The second kappa shape index (κ2) is 8.01. The number of rotatable bonds is 7. The van der Waals surface area contributed by atoms with Crippen molar-refractivity contribution in [2.45, 2.75) is 31.9 Å². The molecule has 2 aromatic carbocycles. The smallest absolute Gasteiger partial charge is 0.317 e. The minimum atomic E-state index is -0.823. The van der Waals surface area contributed by atoms with Crippen molar-refractivity contribution >= 4 is 11.8 Å². The number of nitrogen functional groups attached to an aromatic ring is 1. The number of hydrogen-bond donors (Lipinski definition) is 4. The Labute approximate surface area is 152 Å². The van der Waals surface area contributed by atoms with E-state index in [1.807, 2.05) is 30.3 Å². The molecule has 0 spiro atoms. The van der Waals surface area contributed by atoms with E-state index in [0.29, 0.717) is 12.2 Å². The first-order valence-corrected chi connectivity index (χ1v) is 8.64. The van der Waals surface area contributed by atoms with Gasteiger partial charge < -0.3 is 20.9 Å². The minimum Gasteiger partial charge on any atom is -0.489 e. The number of benzene rings is 2. The first kappa shape index (κ1) is 17.9. The number of aryl methyl sites for hydroxylation is 1. The van der Waals surface area contributed by atoms with Gasteiger partial charge in [0.1, 0.15) is 18.2 Å². The lowest BCUT2D eigenvalue weighted by Crippen LogP contribution is -2.37. The average Bonchev–Trinajstić information content (AvgIpc) is 2.64. The molecule has 0 fully saturated rings. The number of carboxylic acid groups (broad SMARTS) is 1. The molecule has 1 atom stereocenters. The van der Waals surface area contributed by atoms with Gasteiger partial charge in [-0.05, 0) is 48.1 Å². The highest BCUT2D eigenvalue weighted by atomic mass is 16.5. The maximum Gasteiger partial charge on any atom is 0.317 e. The van der Waals surface area contributed by atoms with Crippen LogP contribution in [0, 0.1) is 5.41 Å². The van der Waals surface area contributed by atoms with Crippen molar-refractivity contribution in [1.82, 2.24) is 5.32 Å². The van der Waals surface area contributed by atoms with Gasteiger partial charge >= 0.3 is 5.97 Å². The molecule has 26 heavy (non-hydrogen) atoms. The predicted molar refractivity (Wildman–Crippen MR) is 99.7 cm³/mol. The van der Waals surface area contributed by atoms with Crippen LogP contribution < -0.4 is 15.8 Å². The summed E-state index contributed by atoms with van der Waals surface area (Å²) in [5.41, 5.74) is 9.69. The van der Waals surface area contributed by atoms with Crippen LogP contribution in [0.2, 0.25) is 0 Å². The lowest BCUT2D eigenvalue weighted by atomic mass is 9.88. The molecule has 0 heterocycles. The molecule has 1 unspecified atom stereocenters. The Hall–Kier alpha value is -2.86. The first-order valence-electron chi connectivity index (χ1n) is 8.64. The van der Waals surface area contributed by atoms with Gasteiger partial charge in [-0.3, -0.25) is 10.2 Å². The summed E-state index contributed by atoms with van der Waals surface area (Å²) in [6.07, 6.45) is 2.68. The number of aliphatic carboxylic acids is 1.